The SMILES string of the molecule is CCCNc1cc(-n2ccc(C(F)(F)F)n2)nc(C)n1. The van der Waals surface area contributed by atoms with E-state index in [9.17, 15) is 13.2 Å². The molecule has 0 amide bonds. The average molecular weight is 285 g/mol. The molecule has 0 atom stereocenters. The van der Waals surface area contributed by atoms with E-state index >= 15 is 0 Å². The lowest BCUT2D eigenvalue weighted by atomic mass is 10.4. The molecule has 2 rings (SSSR count). The van der Waals surface area contributed by atoms with Gasteiger partial charge in [0.15, 0.2) is 11.5 Å². The third kappa shape index (κ3) is 3.25. The molecule has 0 aliphatic rings. The lowest BCUT2D eigenvalue weighted by Crippen LogP contribution is -2.10. The molecule has 0 unspecified atom stereocenters. The van der Waals surface area contributed by atoms with Crippen LogP contribution < -0.4 is 5.32 Å². The maximum Gasteiger partial charge on any atom is 0.435 e. The molecule has 0 saturated heterocycles. The van der Waals surface area contributed by atoms with Crippen molar-refractivity contribution in [1.29, 1.82) is 0 Å². The smallest absolute Gasteiger partial charge is 0.370 e. The van der Waals surface area contributed by atoms with Gasteiger partial charge >= 0.3 is 6.18 Å². The van der Waals surface area contributed by atoms with Gasteiger partial charge in [-0.1, -0.05) is 6.92 Å². The monoisotopic (exact) mass is 285 g/mol. The van der Waals surface area contributed by atoms with Crippen LogP contribution >= 0.6 is 0 Å². The van der Waals surface area contributed by atoms with Crippen molar-refractivity contribution < 1.29 is 13.2 Å². The number of nitrogens with one attached hydrogen (secondary N) is 1. The second-order valence-corrected chi connectivity index (χ2v) is 4.23. The van der Waals surface area contributed by atoms with Gasteiger partial charge in [0.2, 0.25) is 0 Å². The highest BCUT2D eigenvalue weighted by Crippen LogP contribution is 2.27. The summed E-state index contributed by atoms with van der Waals surface area (Å²) < 4.78 is 38.7. The summed E-state index contributed by atoms with van der Waals surface area (Å²) in [4.78, 5) is 8.26. The first-order chi connectivity index (χ1) is 9.40. The normalized spacial score (nSPS) is 11.7. The molecule has 0 saturated carbocycles. The van der Waals surface area contributed by atoms with E-state index in [1.807, 2.05) is 6.92 Å². The third-order valence-corrected chi connectivity index (χ3v) is 2.49. The van der Waals surface area contributed by atoms with Crippen LogP contribution in [0.5, 0.6) is 0 Å². The van der Waals surface area contributed by atoms with Crippen LogP contribution in [0.4, 0.5) is 19.0 Å². The van der Waals surface area contributed by atoms with Gasteiger partial charge < -0.3 is 5.32 Å². The summed E-state index contributed by atoms with van der Waals surface area (Å²) in [5, 5.41) is 6.56. The molecule has 2 aromatic heterocycles. The molecule has 20 heavy (non-hydrogen) atoms. The van der Waals surface area contributed by atoms with E-state index < -0.39 is 11.9 Å². The fourth-order valence-electron chi connectivity index (χ4n) is 1.62. The molecule has 0 radical (unpaired) electrons. The van der Waals surface area contributed by atoms with Crippen LogP contribution in [0.3, 0.4) is 0 Å². The number of nitrogens with zero attached hydrogens (tertiary/aromatic N) is 4. The van der Waals surface area contributed by atoms with Gasteiger partial charge in [0.05, 0.1) is 0 Å². The number of anilines is 1. The van der Waals surface area contributed by atoms with Gasteiger partial charge in [0.25, 0.3) is 0 Å². The number of aryl methyl sites for hydroxylation is 1. The summed E-state index contributed by atoms with van der Waals surface area (Å²) in [6.45, 7) is 4.41. The minimum absolute atomic E-state index is 0.298. The van der Waals surface area contributed by atoms with E-state index in [4.69, 9.17) is 0 Å². The zero-order chi connectivity index (χ0) is 14.8. The molecule has 2 aromatic rings. The molecular formula is C12H14F3N5. The Bertz CT molecular complexity index is 591. The Kier molecular flexibility index (Phi) is 3.91. The Hall–Kier alpha value is -2.12. The van der Waals surface area contributed by atoms with Gasteiger partial charge in [-0.15, -0.1) is 0 Å². The second-order valence-electron chi connectivity index (χ2n) is 4.23. The van der Waals surface area contributed by atoms with Crippen molar-refractivity contribution in [2.45, 2.75) is 26.4 Å². The summed E-state index contributed by atoms with van der Waals surface area (Å²) in [7, 11) is 0. The predicted molar refractivity (Wildman–Crippen MR) is 67.7 cm³/mol. The van der Waals surface area contributed by atoms with Crippen LogP contribution in [0.15, 0.2) is 18.3 Å². The summed E-state index contributed by atoms with van der Waals surface area (Å²) >= 11 is 0. The lowest BCUT2D eigenvalue weighted by molar-refractivity contribution is -0.141. The number of hydrogen-bond acceptors (Lipinski definition) is 4. The summed E-state index contributed by atoms with van der Waals surface area (Å²) in [5.74, 6) is 1.33. The molecule has 0 aliphatic heterocycles. The van der Waals surface area contributed by atoms with Crippen molar-refractivity contribution >= 4 is 5.82 Å². The van der Waals surface area contributed by atoms with E-state index in [0.29, 0.717) is 17.5 Å². The minimum Gasteiger partial charge on any atom is -0.370 e. The fourth-order valence-corrected chi connectivity index (χ4v) is 1.62. The van der Waals surface area contributed by atoms with Crippen LogP contribution in [0.1, 0.15) is 24.9 Å². The Balaban J connectivity index is 2.32. The largest absolute Gasteiger partial charge is 0.435 e. The van der Waals surface area contributed by atoms with Gasteiger partial charge in [-0.25, -0.2) is 14.6 Å². The molecule has 1 N–H and O–H groups in total. The van der Waals surface area contributed by atoms with Crippen molar-refractivity contribution in [2.24, 2.45) is 0 Å². The molecule has 2 heterocycles. The quantitative estimate of drug-likeness (QED) is 0.938. The fraction of sp³-hybridized carbons (Fsp3) is 0.417. The molecule has 0 spiro atoms. The van der Waals surface area contributed by atoms with Gasteiger partial charge in [0.1, 0.15) is 11.6 Å². The zero-order valence-corrected chi connectivity index (χ0v) is 11.1. The number of aromatic nitrogens is 4. The second kappa shape index (κ2) is 5.48. The molecular weight excluding hydrogens is 271 g/mol. The molecule has 108 valence electrons. The zero-order valence-electron chi connectivity index (χ0n) is 11.1. The number of halogens is 3. The Morgan fingerprint density at radius 1 is 1.30 bits per heavy atom. The third-order valence-electron chi connectivity index (χ3n) is 2.49. The molecule has 0 bridgehead atoms. The van der Waals surface area contributed by atoms with Crippen LogP contribution in [-0.4, -0.2) is 26.3 Å². The van der Waals surface area contributed by atoms with Crippen molar-refractivity contribution in [1.82, 2.24) is 19.7 Å². The van der Waals surface area contributed by atoms with Crippen molar-refractivity contribution in [3.63, 3.8) is 0 Å². The van der Waals surface area contributed by atoms with E-state index in [0.717, 1.165) is 23.7 Å². The van der Waals surface area contributed by atoms with Crippen LogP contribution in [0.25, 0.3) is 5.82 Å². The van der Waals surface area contributed by atoms with Gasteiger partial charge in [-0.2, -0.15) is 18.3 Å². The summed E-state index contributed by atoms with van der Waals surface area (Å²) in [5.41, 5.74) is -0.947. The highest BCUT2D eigenvalue weighted by molar-refractivity contribution is 5.41. The van der Waals surface area contributed by atoms with E-state index in [1.54, 1.807) is 13.0 Å². The van der Waals surface area contributed by atoms with Gasteiger partial charge in [-0.05, 0) is 19.4 Å². The average Bonchev–Trinajstić information content (AvgIpc) is 2.85. The Morgan fingerprint density at radius 3 is 2.65 bits per heavy atom. The molecule has 5 nitrogen and oxygen atoms in total. The minimum atomic E-state index is -4.46. The van der Waals surface area contributed by atoms with Crippen LogP contribution in [0.2, 0.25) is 0 Å². The van der Waals surface area contributed by atoms with Crippen molar-refractivity contribution in [2.75, 3.05) is 11.9 Å². The summed E-state index contributed by atoms with van der Waals surface area (Å²) in [6.07, 6.45) is -2.32. The van der Waals surface area contributed by atoms with Gasteiger partial charge in [-0.3, -0.25) is 0 Å². The van der Waals surface area contributed by atoms with Crippen LogP contribution in [-0.2, 0) is 6.18 Å². The van der Waals surface area contributed by atoms with E-state index in [2.05, 4.69) is 20.4 Å². The maximum absolute atomic E-state index is 12.5. The first kappa shape index (κ1) is 14.3. The standard InChI is InChI=1S/C12H14F3N5/c1-3-5-16-10-7-11(18-8(2)17-10)20-6-4-9(19-20)12(13,14)15/h4,6-7H,3,5H2,1-2H3,(H,16,17,18). The topological polar surface area (TPSA) is 55.6 Å². The predicted octanol–water partition coefficient (Wildman–Crippen LogP) is 2.81. The summed E-state index contributed by atoms with van der Waals surface area (Å²) in [6, 6.07) is 2.48. The maximum atomic E-state index is 12.5. The van der Waals surface area contributed by atoms with E-state index in [1.165, 1.54) is 6.20 Å². The molecule has 0 aromatic carbocycles. The molecule has 0 fully saturated rings. The first-order valence-electron chi connectivity index (χ1n) is 6.13. The first-order valence-corrected chi connectivity index (χ1v) is 6.13. The lowest BCUT2D eigenvalue weighted by Gasteiger charge is -2.07. The highest BCUT2D eigenvalue weighted by atomic mass is 19.4. The van der Waals surface area contributed by atoms with E-state index in [-0.39, 0.29) is 0 Å². The van der Waals surface area contributed by atoms with Crippen molar-refractivity contribution in [3.8, 4) is 5.82 Å². The number of hydrogen-bond donors (Lipinski definition) is 1. The van der Waals surface area contributed by atoms with Crippen molar-refractivity contribution in [3.05, 3.63) is 29.8 Å². The number of alkyl halides is 3. The molecule has 8 heteroatoms. The Morgan fingerprint density at radius 2 is 2.05 bits per heavy atom. The number of rotatable bonds is 4. The highest BCUT2D eigenvalue weighted by Gasteiger charge is 2.33. The Labute approximate surface area is 113 Å². The van der Waals surface area contributed by atoms with Crippen LogP contribution in [0, 0.1) is 6.92 Å². The molecule has 0 aliphatic carbocycles. The van der Waals surface area contributed by atoms with Gasteiger partial charge in [0, 0.05) is 18.8 Å².